The van der Waals surface area contributed by atoms with E-state index in [0.717, 1.165) is 0 Å². The van der Waals surface area contributed by atoms with Gasteiger partial charge in [0.2, 0.25) is 5.91 Å². The van der Waals surface area contributed by atoms with Gasteiger partial charge in [0, 0.05) is 17.2 Å². The molecule has 0 spiro atoms. The number of carbonyl (C=O) groups is 2. The molecule has 0 aliphatic rings. The standard InChI is InChI=1S/C18H19FN2O3/c1-11(2)17(22)21-15-10-12(4-9-16(15)24-3)18(23)20-14-7-5-13(19)6-8-14/h4-11H,1-3H3,(H,20,23)(H,21,22). The van der Waals surface area contributed by atoms with Crippen LogP contribution in [0.1, 0.15) is 24.2 Å². The number of nitrogens with one attached hydrogen (secondary N) is 2. The van der Waals surface area contributed by atoms with Crippen molar-refractivity contribution in [1.29, 1.82) is 0 Å². The van der Waals surface area contributed by atoms with E-state index in [1.54, 1.807) is 26.0 Å². The highest BCUT2D eigenvalue weighted by Gasteiger charge is 2.14. The van der Waals surface area contributed by atoms with Gasteiger partial charge >= 0.3 is 0 Å². The Hall–Kier alpha value is -2.89. The zero-order chi connectivity index (χ0) is 17.7. The largest absolute Gasteiger partial charge is 0.495 e. The number of anilines is 2. The van der Waals surface area contributed by atoms with Gasteiger partial charge in [-0.25, -0.2) is 4.39 Å². The van der Waals surface area contributed by atoms with Gasteiger partial charge in [0.15, 0.2) is 0 Å². The molecule has 0 unspecified atom stereocenters. The van der Waals surface area contributed by atoms with Crippen LogP contribution in [0.25, 0.3) is 0 Å². The zero-order valence-electron chi connectivity index (χ0n) is 13.7. The Labute approximate surface area is 139 Å². The van der Waals surface area contributed by atoms with Crippen LogP contribution in [-0.2, 0) is 4.79 Å². The molecule has 0 heterocycles. The van der Waals surface area contributed by atoms with Crippen molar-refractivity contribution >= 4 is 23.2 Å². The van der Waals surface area contributed by atoms with Crippen LogP contribution in [0, 0.1) is 11.7 Å². The number of rotatable bonds is 5. The monoisotopic (exact) mass is 330 g/mol. The first-order valence-corrected chi connectivity index (χ1v) is 7.46. The molecule has 0 saturated carbocycles. The molecular formula is C18H19FN2O3. The molecular weight excluding hydrogens is 311 g/mol. The minimum Gasteiger partial charge on any atom is -0.495 e. The molecule has 0 atom stereocenters. The van der Waals surface area contributed by atoms with Crippen molar-refractivity contribution in [1.82, 2.24) is 0 Å². The highest BCUT2D eigenvalue weighted by Crippen LogP contribution is 2.26. The number of hydrogen-bond donors (Lipinski definition) is 2. The first kappa shape index (κ1) is 17.5. The van der Waals surface area contributed by atoms with Crippen LogP contribution in [0.4, 0.5) is 15.8 Å². The second-order valence-electron chi connectivity index (χ2n) is 5.52. The van der Waals surface area contributed by atoms with E-state index in [0.29, 0.717) is 22.7 Å². The first-order valence-electron chi connectivity index (χ1n) is 7.46. The molecule has 2 rings (SSSR count). The quantitative estimate of drug-likeness (QED) is 0.879. The van der Waals surface area contributed by atoms with Gasteiger partial charge in [-0.2, -0.15) is 0 Å². The average Bonchev–Trinajstić information content (AvgIpc) is 2.56. The number of carbonyl (C=O) groups excluding carboxylic acids is 2. The number of hydrogen-bond acceptors (Lipinski definition) is 3. The number of benzene rings is 2. The zero-order valence-corrected chi connectivity index (χ0v) is 13.7. The predicted molar refractivity (Wildman–Crippen MR) is 90.8 cm³/mol. The Bertz CT molecular complexity index is 742. The normalized spacial score (nSPS) is 10.4. The van der Waals surface area contributed by atoms with Crippen molar-refractivity contribution in [2.45, 2.75) is 13.8 Å². The van der Waals surface area contributed by atoms with Gasteiger partial charge in [0.05, 0.1) is 12.8 Å². The van der Waals surface area contributed by atoms with Crippen molar-refractivity contribution in [2.75, 3.05) is 17.7 Å². The lowest BCUT2D eigenvalue weighted by Gasteiger charge is -2.13. The van der Waals surface area contributed by atoms with Crippen LogP contribution in [0.15, 0.2) is 42.5 Å². The van der Waals surface area contributed by atoms with Gasteiger partial charge in [0.25, 0.3) is 5.91 Å². The van der Waals surface area contributed by atoms with E-state index in [1.165, 1.54) is 37.4 Å². The maximum absolute atomic E-state index is 12.9. The third-order valence-electron chi connectivity index (χ3n) is 3.35. The Morgan fingerprint density at radius 1 is 1.04 bits per heavy atom. The minimum absolute atomic E-state index is 0.176. The third-order valence-corrected chi connectivity index (χ3v) is 3.35. The van der Waals surface area contributed by atoms with Gasteiger partial charge < -0.3 is 15.4 Å². The number of methoxy groups -OCH3 is 1. The van der Waals surface area contributed by atoms with E-state index in [9.17, 15) is 14.0 Å². The van der Waals surface area contributed by atoms with Crippen molar-refractivity contribution in [3.63, 3.8) is 0 Å². The summed E-state index contributed by atoms with van der Waals surface area (Å²) >= 11 is 0. The van der Waals surface area contributed by atoms with E-state index < -0.39 is 0 Å². The smallest absolute Gasteiger partial charge is 0.255 e. The van der Waals surface area contributed by atoms with Gasteiger partial charge in [-0.05, 0) is 42.5 Å². The van der Waals surface area contributed by atoms with Crippen molar-refractivity contribution in [3.8, 4) is 5.75 Å². The van der Waals surface area contributed by atoms with E-state index in [-0.39, 0.29) is 23.5 Å². The predicted octanol–water partition coefficient (Wildman–Crippen LogP) is 3.68. The second kappa shape index (κ2) is 7.59. The maximum atomic E-state index is 12.9. The molecule has 0 radical (unpaired) electrons. The lowest BCUT2D eigenvalue weighted by atomic mass is 10.1. The fourth-order valence-corrected chi connectivity index (χ4v) is 1.96. The van der Waals surface area contributed by atoms with Gasteiger partial charge in [-0.3, -0.25) is 9.59 Å². The molecule has 0 saturated heterocycles. The van der Waals surface area contributed by atoms with E-state index >= 15 is 0 Å². The van der Waals surface area contributed by atoms with E-state index in [2.05, 4.69) is 10.6 Å². The minimum atomic E-state index is -0.379. The highest BCUT2D eigenvalue weighted by atomic mass is 19.1. The summed E-state index contributed by atoms with van der Waals surface area (Å²) in [6.45, 7) is 3.54. The fourth-order valence-electron chi connectivity index (χ4n) is 1.96. The summed E-state index contributed by atoms with van der Waals surface area (Å²) in [6.07, 6.45) is 0. The molecule has 2 N–H and O–H groups in total. The van der Waals surface area contributed by atoms with Gasteiger partial charge in [-0.15, -0.1) is 0 Å². The van der Waals surface area contributed by atoms with Gasteiger partial charge in [0.1, 0.15) is 11.6 Å². The molecule has 0 fully saturated rings. The lowest BCUT2D eigenvalue weighted by Crippen LogP contribution is -2.19. The molecule has 6 heteroatoms. The molecule has 0 aliphatic carbocycles. The number of amides is 2. The molecule has 0 bridgehead atoms. The molecule has 0 aliphatic heterocycles. The Morgan fingerprint density at radius 3 is 2.29 bits per heavy atom. The van der Waals surface area contributed by atoms with Crippen LogP contribution in [-0.4, -0.2) is 18.9 Å². The van der Waals surface area contributed by atoms with Crippen molar-refractivity contribution in [3.05, 3.63) is 53.8 Å². The summed E-state index contributed by atoms with van der Waals surface area (Å²) in [5, 5.41) is 5.40. The summed E-state index contributed by atoms with van der Waals surface area (Å²) in [4.78, 5) is 24.2. The van der Waals surface area contributed by atoms with E-state index in [1.807, 2.05) is 0 Å². The first-order chi connectivity index (χ1) is 11.4. The molecule has 126 valence electrons. The number of halogens is 1. The summed E-state index contributed by atoms with van der Waals surface area (Å²) in [5.74, 6) is -0.668. The Kier molecular flexibility index (Phi) is 5.52. The molecule has 24 heavy (non-hydrogen) atoms. The molecule has 2 aromatic carbocycles. The topological polar surface area (TPSA) is 67.4 Å². The molecule has 5 nitrogen and oxygen atoms in total. The summed E-state index contributed by atoms with van der Waals surface area (Å²) < 4.78 is 18.1. The summed E-state index contributed by atoms with van der Waals surface area (Å²) in [7, 11) is 1.48. The third kappa shape index (κ3) is 4.32. The Balaban J connectivity index is 2.21. The van der Waals surface area contributed by atoms with Gasteiger partial charge in [-0.1, -0.05) is 13.8 Å². The molecule has 2 amide bonds. The molecule has 2 aromatic rings. The lowest BCUT2D eigenvalue weighted by molar-refractivity contribution is -0.118. The Morgan fingerprint density at radius 2 is 1.71 bits per heavy atom. The van der Waals surface area contributed by atoms with Crippen LogP contribution in [0.2, 0.25) is 0 Å². The van der Waals surface area contributed by atoms with Crippen LogP contribution in [0.5, 0.6) is 5.75 Å². The summed E-state index contributed by atoms with van der Waals surface area (Å²) in [6, 6.07) is 10.2. The highest BCUT2D eigenvalue weighted by molar-refractivity contribution is 6.05. The van der Waals surface area contributed by atoms with Crippen LogP contribution >= 0.6 is 0 Å². The maximum Gasteiger partial charge on any atom is 0.255 e. The van der Waals surface area contributed by atoms with Crippen molar-refractivity contribution < 1.29 is 18.7 Å². The molecule has 0 aromatic heterocycles. The fraction of sp³-hybridized carbons (Fsp3) is 0.222. The SMILES string of the molecule is COc1ccc(C(=O)Nc2ccc(F)cc2)cc1NC(=O)C(C)C. The number of ether oxygens (including phenoxy) is 1. The average molecular weight is 330 g/mol. The summed E-state index contributed by atoms with van der Waals surface area (Å²) in [5.41, 5.74) is 1.24. The van der Waals surface area contributed by atoms with Crippen molar-refractivity contribution in [2.24, 2.45) is 5.92 Å². The van der Waals surface area contributed by atoms with Crippen LogP contribution in [0.3, 0.4) is 0 Å². The van der Waals surface area contributed by atoms with E-state index in [4.69, 9.17) is 4.74 Å². The van der Waals surface area contributed by atoms with Crippen LogP contribution < -0.4 is 15.4 Å². The second-order valence-corrected chi connectivity index (χ2v) is 5.52.